The molecule has 0 spiro atoms. The summed E-state index contributed by atoms with van der Waals surface area (Å²) in [6.45, 7) is 5.70. The summed E-state index contributed by atoms with van der Waals surface area (Å²) in [6.07, 6.45) is 0.210. The molecule has 0 aromatic heterocycles. The van der Waals surface area contributed by atoms with Crippen LogP contribution < -0.4 is 24.4 Å². The highest BCUT2D eigenvalue weighted by molar-refractivity contribution is 6.39. The van der Waals surface area contributed by atoms with Crippen LogP contribution in [0.3, 0.4) is 0 Å². The van der Waals surface area contributed by atoms with Crippen molar-refractivity contribution in [3.8, 4) is 17.2 Å². The summed E-state index contributed by atoms with van der Waals surface area (Å²) >= 11 is 0. The summed E-state index contributed by atoms with van der Waals surface area (Å²) < 4.78 is 16.3. The molecule has 0 radical (unpaired) electrons. The molecule has 10 heteroatoms. The van der Waals surface area contributed by atoms with E-state index in [4.69, 9.17) is 19.3 Å². The van der Waals surface area contributed by atoms with Crippen molar-refractivity contribution in [3.05, 3.63) is 53.6 Å². The molecule has 2 N–H and O–H groups in total. The number of imide groups is 2. The van der Waals surface area contributed by atoms with E-state index in [1.165, 1.54) is 31.2 Å². The molecule has 0 aliphatic carbocycles. The zero-order valence-electron chi connectivity index (χ0n) is 18.9. The second-order valence-electron chi connectivity index (χ2n) is 7.12. The van der Waals surface area contributed by atoms with Gasteiger partial charge in [0.1, 0.15) is 11.3 Å². The topological polar surface area (TPSA) is 131 Å². The van der Waals surface area contributed by atoms with E-state index in [0.717, 1.165) is 4.90 Å². The van der Waals surface area contributed by atoms with Gasteiger partial charge < -0.3 is 19.3 Å². The van der Waals surface area contributed by atoms with Crippen LogP contribution in [0.25, 0.3) is 6.08 Å². The van der Waals surface area contributed by atoms with Gasteiger partial charge in [-0.1, -0.05) is 6.07 Å². The number of ether oxygens (including phenoxy) is 3. The second-order valence-corrected chi connectivity index (χ2v) is 7.12. The number of benzene rings is 2. The van der Waals surface area contributed by atoms with Crippen LogP contribution in [0.15, 0.2) is 48.0 Å². The minimum atomic E-state index is -1.14. The molecule has 3 rings (SSSR count). The van der Waals surface area contributed by atoms with Gasteiger partial charge in [-0.15, -0.1) is 0 Å². The Morgan fingerprint density at radius 2 is 1.71 bits per heavy atom. The molecule has 0 bridgehead atoms. The molecule has 2 aromatic carbocycles. The number of urea groups is 1. The molecule has 2 aromatic rings. The third-order valence-corrected chi connectivity index (χ3v) is 4.74. The van der Waals surface area contributed by atoms with Gasteiger partial charge >= 0.3 is 12.0 Å². The lowest BCUT2D eigenvalue weighted by Crippen LogP contribution is -2.54. The number of carbonyl (C=O) groups excluding carboxylic acids is 3. The molecule has 10 nitrogen and oxygen atoms in total. The zero-order valence-corrected chi connectivity index (χ0v) is 18.9. The summed E-state index contributed by atoms with van der Waals surface area (Å²) in [5.41, 5.74) is 0.424. The van der Waals surface area contributed by atoms with Crippen molar-refractivity contribution >= 4 is 35.6 Å². The van der Waals surface area contributed by atoms with E-state index in [0.29, 0.717) is 17.9 Å². The molecule has 1 heterocycles. The largest absolute Gasteiger partial charge is 0.494 e. The number of anilines is 1. The molecule has 1 aliphatic rings. The number of hydrogen-bond acceptors (Lipinski definition) is 7. The number of carboxylic acid groups (broad SMARTS) is 1. The van der Waals surface area contributed by atoms with E-state index in [1.807, 2.05) is 6.92 Å². The number of hydrogen-bond donors (Lipinski definition) is 2. The van der Waals surface area contributed by atoms with Crippen molar-refractivity contribution in [2.75, 3.05) is 18.1 Å². The predicted molar refractivity (Wildman–Crippen MR) is 122 cm³/mol. The summed E-state index contributed by atoms with van der Waals surface area (Å²) in [7, 11) is 0. The van der Waals surface area contributed by atoms with Gasteiger partial charge in [0.2, 0.25) is 0 Å². The summed E-state index contributed by atoms with van der Waals surface area (Å²) in [5.74, 6) is -1.76. The van der Waals surface area contributed by atoms with Crippen LogP contribution in [0.4, 0.5) is 10.5 Å². The molecule has 0 unspecified atom stereocenters. The Balaban J connectivity index is 1.93. The molecule has 4 amide bonds. The number of amides is 4. The molecule has 34 heavy (non-hydrogen) atoms. The van der Waals surface area contributed by atoms with Gasteiger partial charge in [-0.2, -0.15) is 0 Å². The lowest BCUT2D eigenvalue weighted by atomic mass is 10.1. The third kappa shape index (κ3) is 5.34. The van der Waals surface area contributed by atoms with Crippen molar-refractivity contribution in [1.29, 1.82) is 0 Å². The first-order valence-electron chi connectivity index (χ1n) is 10.6. The SMILES string of the molecule is CCOc1ccc(N2C(=O)NC(=O)/C(=C\c3ccc(O[C@H](C)C(=O)O)c(OCC)c3)C2=O)cc1. The Morgan fingerprint density at radius 3 is 2.32 bits per heavy atom. The number of rotatable bonds is 9. The van der Waals surface area contributed by atoms with Gasteiger partial charge in [0.15, 0.2) is 17.6 Å². The van der Waals surface area contributed by atoms with E-state index in [9.17, 15) is 19.2 Å². The fraction of sp³-hybridized carbons (Fsp3) is 0.250. The van der Waals surface area contributed by atoms with Crippen molar-refractivity contribution in [2.24, 2.45) is 0 Å². The third-order valence-electron chi connectivity index (χ3n) is 4.74. The highest BCUT2D eigenvalue weighted by Crippen LogP contribution is 2.31. The number of barbiturate groups is 1. The Labute approximate surface area is 195 Å². The highest BCUT2D eigenvalue weighted by Gasteiger charge is 2.36. The Kier molecular flexibility index (Phi) is 7.52. The minimum Gasteiger partial charge on any atom is -0.494 e. The first kappa shape index (κ1) is 24.3. The number of nitrogens with zero attached hydrogens (tertiary/aromatic N) is 1. The fourth-order valence-electron chi connectivity index (χ4n) is 3.14. The van der Waals surface area contributed by atoms with E-state index in [1.54, 1.807) is 31.2 Å². The number of carboxylic acids is 1. The van der Waals surface area contributed by atoms with Gasteiger partial charge in [-0.25, -0.2) is 14.5 Å². The fourth-order valence-corrected chi connectivity index (χ4v) is 3.14. The monoisotopic (exact) mass is 468 g/mol. The van der Waals surface area contributed by atoms with Crippen molar-refractivity contribution in [1.82, 2.24) is 5.32 Å². The predicted octanol–water partition coefficient (Wildman–Crippen LogP) is 3.00. The smallest absolute Gasteiger partial charge is 0.344 e. The van der Waals surface area contributed by atoms with Crippen LogP contribution in [-0.2, 0) is 14.4 Å². The summed E-state index contributed by atoms with van der Waals surface area (Å²) in [6, 6.07) is 9.98. The van der Waals surface area contributed by atoms with E-state index in [2.05, 4.69) is 5.32 Å². The van der Waals surface area contributed by atoms with Crippen LogP contribution >= 0.6 is 0 Å². The quantitative estimate of drug-likeness (QED) is 0.424. The van der Waals surface area contributed by atoms with Gasteiger partial charge in [-0.3, -0.25) is 14.9 Å². The molecular formula is C24H24N2O8. The number of carbonyl (C=O) groups is 4. The lowest BCUT2D eigenvalue weighted by Gasteiger charge is -2.26. The minimum absolute atomic E-state index is 0.199. The normalized spacial score (nSPS) is 15.7. The molecule has 1 fully saturated rings. The Bertz CT molecular complexity index is 1140. The van der Waals surface area contributed by atoms with Gasteiger partial charge in [0, 0.05) is 0 Å². The first-order chi connectivity index (χ1) is 16.2. The molecule has 1 atom stereocenters. The van der Waals surface area contributed by atoms with Crippen molar-refractivity contribution in [2.45, 2.75) is 26.9 Å². The van der Waals surface area contributed by atoms with Gasteiger partial charge in [0.05, 0.1) is 18.9 Å². The standard InChI is InChI=1S/C24H24N2O8/c1-4-32-17-9-7-16(8-10-17)26-22(28)18(21(27)25-24(26)31)12-15-6-11-19(20(13-15)33-5-2)34-14(3)23(29)30/h6-14H,4-5H2,1-3H3,(H,29,30)(H,25,27,31)/b18-12+/t14-/m1/s1. The second kappa shape index (κ2) is 10.5. The van der Waals surface area contributed by atoms with Crippen molar-refractivity contribution in [3.63, 3.8) is 0 Å². The maximum Gasteiger partial charge on any atom is 0.344 e. The summed E-state index contributed by atoms with van der Waals surface area (Å²) in [5, 5.41) is 11.2. The first-order valence-corrected chi connectivity index (χ1v) is 10.6. The van der Waals surface area contributed by atoms with Crippen LogP contribution in [-0.4, -0.2) is 48.2 Å². The summed E-state index contributed by atoms with van der Waals surface area (Å²) in [4.78, 5) is 49.9. The van der Waals surface area contributed by atoms with Gasteiger partial charge in [0.25, 0.3) is 11.8 Å². The van der Waals surface area contributed by atoms with Gasteiger partial charge in [-0.05, 0) is 68.8 Å². The molecule has 1 saturated heterocycles. The van der Waals surface area contributed by atoms with E-state index in [-0.39, 0.29) is 29.4 Å². The Morgan fingerprint density at radius 1 is 1.03 bits per heavy atom. The Hall–Kier alpha value is -4.34. The van der Waals surface area contributed by atoms with E-state index >= 15 is 0 Å². The molecule has 178 valence electrons. The zero-order chi connectivity index (χ0) is 24.8. The van der Waals surface area contributed by atoms with Crippen LogP contribution in [0, 0.1) is 0 Å². The number of aliphatic carboxylic acids is 1. The van der Waals surface area contributed by atoms with Crippen LogP contribution in [0.2, 0.25) is 0 Å². The highest BCUT2D eigenvalue weighted by atomic mass is 16.5. The van der Waals surface area contributed by atoms with E-state index < -0.39 is 29.9 Å². The van der Waals surface area contributed by atoms with Crippen LogP contribution in [0.5, 0.6) is 17.2 Å². The molecular weight excluding hydrogens is 444 g/mol. The van der Waals surface area contributed by atoms with Crippen molar-refractivity contribution < 1.29 is 38.5 Å². The average Bonchev–Trinajstić information content (AvgIpc) is 2.79. The number of nitrogens with one attached hydrogen (secondary N) is 1. The van der Waals surface area contributed by atoms with Crippen LogP contribution in [0.1, 0.15) is 26.3 Å². The molecule has 0 saturated carbocycles. The molecule has 1 aliphatic heterocycles. The maximum absolute atomic E-state index is 13.1. The average molecular weight is 468 g/mol. The lowest BCUT2D eigenvalue weighted by molar-refractivity contribution is -0.144. The maximum atomic E-state index is 13.1.